The van der Waals surface area contributed by atoms with E-state index in [1.807, 2.05) is 48.5 Å². The Labute approximate surface area is 164 Å². The van der Waals surface area contributed by atoms with Crippen LogP contribution in [0.1, 0.15) is 5.76 Å². The van der Waals surface area contributed by atoms with Crippen molar-refractivity contribution in [3.63, 3.8) is 0 Å². The third-order valence-electron chi connectivity index (χ3n) is 3.41. The van der Waals surface area contributed by atoms with Crippen molar-refractivity contribution in [3.8, 4) is 11.3 Å². The van der Waals surface area contributed by atoms with E-state index in [1.54, 1.807) is 12.1 Å². The summed E-state index contributed by atoms with van der Waals surface area (Å²) in [4.78, 5) is 11.8. The smallest absolute Gasteiger partial charge is 0.259 e. The van der Waals surface area contributed by atoms with E-state index < -0.39 is 0 Å². The highest BCUT2D eigenvalue weighted by Gasteiger charge is 2.04. The van der Waals surface area contributed by atoms with Crippen LogP contribution in [0.3, 0.4) is 0 Å². The summed E-state index contributed by atoms with van der Waals surface area (Å²) in [6, 6.07) is 18.5. The molecule has 3 aromatic rings. The Morgan fingerprint density at radius 2 is 1.96 bits per heavy atom. The Kier molecular flexibility index (Phi) is 6.09. The lowest BCUT2D eigenvalue weighted by Gasteiger charge is -2.04. The quantitative estimate of drug-likeness (QED) is 0.429. The van der Waals surface area contributed by atoms with Gasteiger partial charge in [-0.25, -0.2) is 5.43 Å². The van der Waals surface area contributed by atoms with Crippen LogP contribution >= 0.6 is 27.5 Å². The molecule has 0 aliphatic heterocycles. The third kappa shape index (κ3) is 5.21. The van der Waals surface area contributed by atoms with Crippen molar-refractivity contribution < 1.29 is 9.21 Å². The predicted molar refractivity (Wildman–Crippen MR) is 108 cm³/mol. The van der Waals surface area contributed by atoms with Crippen molar-refractivity contribution >= 4 is 45.3 Å². The first-order valence-electron chi connectivity index (χ1n) is 7.77. The molecule has 26 heavy (non-hydrogen) atoms. The number of halogens is 2. The van der Waals surface area contributed by atoms with Crippen molar-refractivity contribution in [2.24, 2.45) is 5.10 Å². The van der Waals surface area contributed by atoms with Gasteiger partial charge in [-0.1, -0.05) is 39.7 Å². The first-order valence-corrected chi connectivity index (χ1v) is 8.94. The van der Waals surface area contributed by atoms with Gasteiger partial charge in [-0.3, -0.25) is 4.79 Å². The molecule has 0 aliphatic rings. The van der Waals surface area contributed by atoms with Crippen molar-refractivity contribution in [3.05, 3.63) is 75.9 Å². The van der Waals surface area contributed by atoms with E-state index in [1.165, 1.54) is 6.21 Å². The molecule has 2 N–H and O–H groups in total. The maximum atomic E-state index is 11.8. The Hall–Kier alpha value is -2.57. The molecule has 0 aliphatic carbocycles. The van der Waals surface area contributed by atoms with Crippen LogP contribution in [0.4, 0.5) is 5.69 Å². The van der Waals surface area contributed by atoms with Crippen LogP contribution in [0.25, 0.3) is 11.3 Å². The van der Waals surface area contributed by atoms with E-state index in [4.69, 9.17) is 16.0 Å². The number of benzene rings is 2. The van der Waals surface area contributed by atoms with Crippen LogP contribution in [0, 0.1) is 0 Å². The summed E-state index contributed by atoms with van der Waals surface area (Å²) >= 11 is 9.34. The van der Waals surface area contributed by atoms with Crippen molar-refractivity contribution in [1.29, 1.82) is 0 Å². The van der Waals surface area contributed by atoms with Gasteiger partial charge in [0.15, 0.2) is 0 Å². The van der Waals surface area contributed by atoms with Gasteiger partial charge in [0.1, 0.15) is 11.5 Å². The molecule has 3 rings (SSSR count). The maximum absolute atomic E-state index is 11.8. The average Bonchev–Trinajstić information content (AvgIpc) is 3.10. The Bertz CT molecular complexity index is 923. The van der Waals surface area contributed by atoms with E-state index in [0.717, 1.165) is 15.7 Å². The molecule has 132 valence electrons. The molecule has 2 aromatic carbocycles. The number of anilines is 1. The zero-order chi connectivity index (χ0) is 18.4. The van der Waals surface area contributed by atoms with Crippen LogP contribution in [0.2, 0.25) is 5.02 Å². The lowest BCUT2D eigenvalue weighted by molar-refractivity contribution is -0.119. The van der Waals surface area contributed by atoms with Gasteiger partial charge in [0.25, 0.3) is 5.91 Å². The zero-order valence-corrected chi connectivity index (χ0v) is 15.9. The van der Waals surface area contributed by atoms with Crippen LogP contribution in [0.15, 0.2) is 74.7 Å². The van der Waals surface area contributed by atoms with Crippen LogP contribution in [-0.2, 0) is 4.79 Å². The van der Waals surface area contributed by atoms with E-state index >= 15 is 0 Å². The Balaban J connectivity index is 1.50. The molecule has 0 saturated carbocycles. The number of rotatable bonds is 6. The SMILES string of the molecule is O=C(CNc1ccc(Br)cc1)N/N=C\c1ccc(-c2cccc(Cl)c2)o1. The van der Waals surface area contributed by atoms with Gasteiger partial charge in [0.2, 0.25) is 0 Å². The molecule has 0 atom stereocenters. The number of amides is 1. The normalized spacial score (nSPS) is 10.8. The minimum atomic E-state index is -0.259. The maximum Gasteiger partial charge on any atom is 0.259 e. The second-order valence-corrected chi connectivity index (χ2v) is 6.72. The van der Waals surface area contributed by atoms with E-state index in [-0.39, 0.29) is 12.5 Å². The monoisotopic (exact) mass is 431 g/mol. The highest BCUT2D eigenvalue weighted by molar-refractivity contribution is 9.10. The minimum Gasteiger partial charge on any atom is -0.455 e. The summed E-state index contributed by atoms with van der Waals surface area (Å²) in [5.41, 5.74) is 4.17. The number of hydrogen-bond acceptors (Lipinski definition) is 4. The van der Waals surface area contributed by atoms with Crippen molar-refractivity contribution in [2.45, 2.75) is 0 Å². The van der Waals surface area contributed by atoms with Crippen molar-refractivity contribution in [2.75, 3.05) is 11.9 Å². The Morgan fingerprint density at radius 1 is 1.15 bits per heavy atom. The van der Waals surface area contributed by atoms with Gasteiger partial charge >= 0.3 is 0 Å². The van der Waals surface area contributed by atoms with Crippen LogP contribution in [-0.4, -0.2) is 18.7 Å². The second kappa shape index (κ2) is 8.69. The summed E-state index contributed by atoms with van der Waals surface area (Å²) < 4.78 is 6.65. The average molecular weight is 433 g/mol. The number of carbonyl (C=O) groups is 1. The minimum absolute atomic E-state index is 0.116. The summed E-state index contributed by atoms with van der Waals surface area (Å²) in [7, 11) is 0. The molecule has 0 saturated heterocycles. The fourth-order valence-electron chi connectivity index (χ4n) is 2.18. The molecule has 0 unspecified atom stereocenters. The van der Waals surface area contributed by atoms with Gasteiger partial charge in [-0.05, 0) is 48.5 Å². The number of hydrazone groups is 1. The lowest BCUT2D eigenvalue weighted by atomic mass is 10.2. The second-order valence-electron chi connectivity index (χ2n) is 5.37. The molecular formula is C19H15BrClN3O2. The van der Waals surface area contributed by atoms with E-state index in [0.29, 0.717) is 16.5 Å². The molecule has 7 heteroatoms. The first kappa shape index (κ1) is 18.2. The van der Waals surface area contributed by atoms with Gasteiger partial charge in [0, 0.05) is 20.7 Å². The predicted octanol–water partition coefficient (Wildman–Crippen LogP) is 4.92. The van der Waals surface area contributed by atoms with Gasteiger partial charge in [-0.2, -0.15) is 5.10 Å². The standard InChI is InChI=1S/C19H15BrClN3O2/c20-14-4-6-16(7-5-14)22-12-19(25)24-23-11-17-8-9-18(26-17)13-2-1-3-15(21)10-13/h1-11,22H,12H2,(H,24,25)/b23-11-. The molecule has 0 bridgehead atoms. The molecule has 0 spiro atoms. The molecule has 1 heterocycles. The summed E-state index contributed by atoms with van der Waals surface area (Å²) in [6.07, 6.45) is 1.45. The van der Waals surface area contributed by atoms with Gasteiger partial charge < -0.3 is 9.73 Å². The van der Waals surface area contributed by atoms with E-state index in [2.05, 4.69) is 31.8 Å². The first-order chi connectivity index (χ1) is 12.6. The molecule has 1 amide bonds. The number of hydrogen-bond donors (Lipinski definition) is 2. The lowest BCUT2D eigenvalue weighted by Crippen LogP contribution is -2.25. The summed E-state index contributed by atoms with van der Waals surface area (Å²) in [6.45, 7) is 0.116. The highest BCUT2D eigenvalue weighted by atomic mass is 79.9. The molecule has 0 fully saturated rings. The number of nitrogens with zero attached hydrogens (tertiary/aromatic N) is 1. The molecular weight excluding hydrogens is 418 g/mol. The fraction of sp³-hybridized carbons (Fsp3) is 0.0526. The van der Waals surface area contributed by atoms with E-state index in [9.17, 15) is 4.79 Å². The number of nitrogens with one attached hydrogen (secondary N) is 2. The van der Waals surface area contributed by atoms with Gasteiger partial charge in [-0.15, -0.1) is 0 Å². The molecule has 1 aromatic heterocycles. The van der Waals surface area contributed by atoms with Crippen LogP contribution in [0.5, 0.6) is 0 Å². The van der Waals surface area contributed by atoms with Crippen molar-refractivity contribution in [1.82, 2.24) is 5.43 Å². The largest absolute Gasteiger partial charge is 0.455 e. The zero-order valence-electron chi connectivity index (χ0n) is 13.6. The number of furan rings is 1. The highest BCUT2D eigenvalue weighted by Crippen LogP contribution is 2.24. The summed E-state index contributed by atoms with van der Waals surface area (Å²) in [5.74, 6) is 0.948. The molecule has 0 radical (unpaired) electrons. The Morgan fingerprint density at radius 3 is 2.73 bits per heavy atom. The summed E-state index contributed by atoms with van der Waals surface area (Å²) in [5, 5.41) is 7.55. The third-order valence-corrected chi connectivity index (χ3v) is 4.18. The topological polar surface area (TPSA) is 66.6 Å². The van der Waals surface area contributed by atoms with Crippen LogP contribution < -0.4 is 10.7 Å². The number of carbonyl (C=O) groups excluding carboxylic acids is 1. The fourth-order valence-corrected chi connectivity index (χ4v) is 2.63. The molecule has 5 nitrogen and oxygen atoms in total. The van der Waals surface area contributed by atoms with Gasteiger partial charge in [0.05, 0.1) is 12.8 Å².